The maximum Gasteiger partial charge on any atom is 0.306 e. The second kappa shape index (κ2) is 5.24. The van der Waals surface area contributed by atoms with E-state index in [-0.39, 0.29) is 23.6 Å². The first-order valence-electron chi connectivity index (χ1n) is 7.07. The summed E-state index contributed by atoms with van der Waals surface area (Å²) in [6.45, 7) is 1.98. The van der Waals surface area contributed by atoms with Gasteiger partial charge in [0.1, 0.15) is 5.58 Å². The second-order valence-electron chi connectivity index (χ2n) is 5.67. The van der Waals surface area contributed by atoms with E-state index in [1.165, 1.54) is 0 Å². The zero-order valence-corrected chi connectivity index (χ0v) is 11.8. The Bertz CT molecular complexity index is 703. The minimum Gasteiger partial charge on any atom is -0.481 e. The summed E-state index contributed by atoms with van der Waals surface area (Å²) in [5.74, 6) is -1.14. The molecule has 1 amide bonds. The summed E-state index contributed by atoms with van der Waals surface area (Å²) < 4.78 is 5.54. The average molecular weight is 287 g/mol. The van der Waals surface area contributed by atoms with Gasteiger partial charge in [-0.1, -0.05) is 11.6 Å². The lowest BCUT2D eigenvalue weighted by atomic mass is 10.1. The smallest absolute Gasteiger partial charge is 0.306 e. The van der Waals surface area contributed by atoms with Crippen LogP contribution in [0.1, 0.15) is 35.4 Å². The number of carbonyl (C=O) groups excluding carboxylic acids is 1. The minimum atomic E-state index is -0.786. The van der Waals surface area contributed by atoms with E-state index >= 15 is 0 Å². The van der Waals surface area contributed by atoms with E-state index in [2.05, 4.69) is 5.32 Å². The summed E-state index contributed by atoms with van der Waals surface area (Å²) in [4.78, 5) is 23.1. The molecule has 1 aliphatic rings. The van der Waals surface area contributed by atoms with Crippen LogP contribution >= 0.6 is 0 Å². The first-order valence-corrected chi connectivity index (χ1v) is 7.07. The molecule has 1 aliphatic carbocycles. The molecule has 2 unspecified atom stereocenters. The molecular formula is C16H17NO4. The van der Waals surface area contributed by atoms with Gasteiger partial charge in [0.2, 0.25) is 0 Å². The van der Waals surface area contributed by atoms with E-state index in [4.69, 9.17) is 9.52 Å². The maximum atomic E-state index is 12.2. The lowest BCUT2D eigenvalue weighted by Gasteiger charge is -2.10. The third-order valence-electron chi connectivity index (χ3n) is 4.01. The molecule has 1 saturated carbocycles. The Morgan fingerprint density at radius 3 is 2.81 bits per heavy atom. The summed E-state index contributed by atoms with van der Waals surface area (Å²) in [5.41, 5.74) is 1.79. The Balaban J connectivity index is 1.71. The number of aryl methyl sites for hydroxylation is 1. The molecule has 5 heteroatoms. The highest BCUT2D eigenvalue weighted by atomic mass is 16.4. The quantitative estimate of drug-likeness (QED) is 0.909. The fourth-order valence-electron chi connectivity index (χ4n) is 2.87. The fraction of sp³-hybridized carbons (Fsp3) is 0.375. The highest BCUT2D eigenvalue weighted by molar-refractivity contribution is 5.96. The van der Waals surface area contributed by atoms with Gasteiger partial charge in [0.25, 0.3) is 5.91 Å². The van der Waals surface area contributed by atoms with Crippen LogP contribution < -0.4 is 5.32 Å². The summed E-state index contributed by atoms with van der Waals surface area (Å²) in [6.07, 6.45) is 1.79. The molecule has 1 heterocycles. The minimum absolute atomic E-state index is 0.0893. The highest BCUT2D eigenvalue weighted by Gasteiger charge is 2.31. The van der Waals surface area contributed by atoms with Crippen molar-refractivity contribution in [2.75, 3.05) is 0 Å². The Kier molecular flexibility index (Phi) is 3.41. The monoisotopic (exact) mass is 287 g/mol. The van der Waals surface area contributed by atoms with E-state index in [9.17, 15) is 9.59 Å². The number of benzene rings is 1. The normalized spacial score (nSPS) is 21.6. The molecule has 5 nitrogen and oxygen atoms in total. The van der Waals surface area contributed by atoms with Crippen LogP contribution in [0.3, 0.4) is 0 Å². The van der Waals surface area contributed by atoms with Gasteiger partial charge < -0.3 is 14.8 Å². The third kappa shape index (κ3) is 2.77. The molecule has 2 aromatic rings. The second-order valence-corrected chi connectivity index (χ2v) is 5.67. The molecular weight excluding hydrogens is 270 g/mol. The van der Waals surface area contributed by atoms with Crippen molar-refractivity contribution in [2.45, 2.75) is 32.2 Å². The molecule has 0 radical (unpaired) electrons. The molecule has 0 bridgehead atoms. The van der Waals surface area contributed by atoms with Crippen LogP contribution in [-0.4, -0.2) is 23.0 Å². The van der Waals surface area contributed by atoms with Crippen molar-refractivity contribution in [3.05, 3.63) is 35.6 Å². The van der Waals surface area contributed by atoms with Gasteiger partial charge in [-0.15, -0.1) is 0 Å². The Hall–Kier alpha value is -2.30. The first-order chi connectivity index (χ1) is 10.0. The van der Waals surface area contributed by atoms with Gasteiger partial charge in [-0.25, -0.2) is 0 Å². The number of carbonyl (C=O) groups is 2. The van der Waals surface area contributed by atoms with Crippen molar-refractivity contribution in [3.63, 3.8) is 0 Å². The van der Waals surface area contributed by atoms with Crippen molar-refractivity contribution in [1.82, 2.24) is 5.32 Å². The third-order valence-corrected chi connectivity index (χ3v) is 4.01. The SMILES string of the molecule is Cc1ccc2oc(C(=O)NC3CCC(C(=O)O)C3)cc2c1. The van der Waals surface area contributed by atoms with Crippen LogP contribution in [0.25, 0.3) is 11.0 Å². The van der Waals surface area contributed by atoms with Crippen molar-refractivity contribution in [3.8, 4) is 0 Å². The number of carboxylic acid groups (broad SMARTS) is 1. The average Bonchev–Trinajstić information content (AvgIpc) is 3.04. The van der Waals surface area contributed by atoms with E-state index < -0.39 is 5.97 Å². The summed E-state index contributed by atoms with van der Waals surface area (Å²) in [6, 6.07) is 7.38. The van der Waals surface area contributed by atoms with Gasteiger partial charge in [-0.3, -0.25) is 9.59 Å². The molecule has 0 saturated heterocycles. The molecule has 2 N–H and O–H groups in total. The fourth-order valence-corrected chi connectivity index (χ4v) is 2.87. The van der Waals surface area contributed by atoms with E-state index in [0.717, 1.165) is 10.9 Å². The molecule has 3 rings (SSSR count). The lowest BCUT2D eigenvalue weighted by molar-refractivity contribution is -0.141. The van der Waals surface area contributed by atoms with Gasteiger partial charge in [0, 0.05) is 11.4 Å². The standard InChI is InChI=1S/C16H17NO4/c1-9-2-5-13-11(6-9)8-14(21-13)15(18)17-12-4-3-10(7-12)16(19)20/h2,5-6,8,10,12H,3-4,7H2,1H3,(H,17,18)(H,19,20). The predicted octanol–water partition coefficient (Wildman–Crippen LogP) is 2.72. The van der Waals surface area contributed by atoms with Crippen LogP contribution in [-0.2, 0) is 4.79 Å². The summed E-state index contributed by atoms with van der Waals surface area (Å²) >= 11 is 0. The number of aliphatic carboxylic acids is 1. The van der Waals surface area contributed by atoms with Crippen molar-refractivity contribution in [2.24, 2.45) is 5.92 Å². The largest absolute Gasteiger partial charge is 0.481 e. The van der Waals surface area contributed by atoms with Crippen LogP contribution in [0.15, 0.2) is 28.7 Å². The molecule has 21 heavy (non-hydrogen) atoms. The maximum absolute atomic E-state index is 12.2. The zero-order chi connectivity index (χ0) is 15.0. The molecule has 1 aromatic heterocycles. The molecule has 110 valence electrons. The lowest BCUT2D eigenvalue weighted by Crippen LogP contribution is -2.33. The number of rotatable bonds is 3. The van der Waals surface area contributed by atoms with Crippen molar-refractivity contribution < 1.29 is 19.1 Å². The van der Waals surface area contributed by atoms with E-state index in [1.807, 2.05) is 25.1 Å². The van der Waals surface area contributed by atoms with Gasteiger partial charge in [0.05, 0.1) is 5.92 Å². The van der Waals surface area contributed by atoms with Crippen molar-refractivity contribution in [1.29, 1.82) is 0 Å². The highest BCUT2D eigenvalue weighted by Crippen LogP contribution is 2.26. The van der Waals surface area contributed by atoms with Gasteiger partial charge in [-0.05, 0) is 44.4 Å². The number of carboxylic acids is 1. The molecule has 0 aliphatic heterocycles. The van der Waals surface area contributed by atoms with E-state index in [1.54, 1.807) is 6.07 Å². The number of hydrogen-bond acceptors (Lipinski definition) is 3. The number of fused-ring (bicyclic) bond motifs is 1. The zero-order valence-electron chi connectivity index (χ0n) is 11.8. The number of hydrogen-bond donors (Lipinski definition) is 2. The van der Waals surface area contributed by atoms with Crippen molar-refractivity contribution >= 4 is 22.8 Å². The topological polar surface area (TPSA) is 79.5 Å². The number of nitrogens with one attached hydrogen (secondary N) is 1. The summed E-state index contributed by atoms with van der Waals surface area (Å²) in [5, 5.41) is 12.7. The summed E-state index contributed by atoms with van der Waals surface area (Å²) in [7, 11) is 0. The molecule has 0 spiro atoms. The van der Waals surface area contributed by atoms with Crippen LogP contribution in [0.5, 0.6) is 0 Å². The molecule has 1 fully saturated rings. The van der Waals surface area contributed by atoms with Crippen LogP contribution in [0, 0.1) is 12.8 Å². The van der Waals surface area contributed by atoms with E-state index in [0.29, 0.717) is 24.8 Å². The first kappa shape index (κ1) is 13.7. The van der Waals surface area contributed by atoms with Crippen LogP contribution in [0.4, 0.5) is 0 Å². The molecule has 1 aromatic carbocycles. The Morgan fingerprint density at radius 1 is 1.29 bits per heavy atom. The van der Waals surface area contributed by atoms with Gasteiger partial charge in [-0.2, -0.15) is 0 Å². The number of furan rings is 1. The Morgan fingerprint density at radius 2 is 2.10 bits per heavy atom. The number of amides is 1. The van der Waals surface area contributed by atoms with Crippen LogP contribution in [0.2, 0.25) is 0 Å². The van der Waals surface area contributed by atoms with Gasteiger partial charge in [0.15, 0.2) is 5.76 Å². The Labute approximate surface area is 121 Å². The molecule has 2 atom stereocenters. The van der Waals surface area contributed by atoms with Gasteiger partial charge >= 0.3 is 5.97 Å². The predicted molar refractivity (Wildman–Crippen MR) is 77.2 cm³/mol.